The van der Waals surface area contributed by atoms with Crippen molar-refractivity contribution in [2.24, 2.45) is 0 Å². The van der Waals surface area contributed by atoms with Gasteiger partial charge in [-0.2, -0.15) is 0 Å². The molecule has 0 fully saturated rings. The molecule has 0 aliphatic heterocycles. The molecule has 0 bridgehead atoms. The van der Waals surface area contributed by atoms with Crippen LogP contribution in [0.1, 0.15) is 22.3 Å². The smallest absolute Gasteiger partial charge is 0.0541 e. The normalized spacial score (nSPS) is 12.9. The molecule has 1 nitrogen and oxygen atoms in total. The molecular formula is C38H25N. The summed E-state index contributed by atoms with van der Waals surface area (Å²) in [5, 5.41) is 2.60. The van der Waals surface area contributed by atoms with Gasteiger partial charge >= 0.3 is 0 Å². The minimum Gasteiger partial charge on any atom is -0.309 e. The van der Waals surface area contributed by atoms with E-state index in [0.29, 0.717) is 0 Å². The van der Waals surface area contributed by atoms with Crippen molar-refractivity contribution in [1.29, 1.82) is 0 Å². The third-order valence-electron chi connectivity index (χ3n) is 8.84. The summed E-state index contributed by atoms with van der Waals surface area (Å²) >= 11 is 0. The van der Waals surface area contributed by atoms with Crippen molar-refractivity contribution in [3.05, 3.63) is 150 Å². The number of nitrogens with zero attached hydrogens (tertiary/aromatic N) is 1. The Morgan fingerprint density at radius 1 is 0.385 bits per heavy atom. The average molecular weight is 496 g/mol. The van der Waals surface area contributed by atoms with Crippen molar-refractivity contribution < 1.29 is 0 Å². The van der Waals surface area contributed by atoms with E-state index in [2.05, 4.69) is 132 Å². The van der Waals surface area contributed by atoms with Crippen LogP contribution in [0, 0.1) is 0 Å². The summed E-state index contributed by atoms with van der Waals surface area (Å²) in [6.07, 6.45) is 2.00. The minimum atomic E-state index is 0.984. The predicted molar refractivity (Wildman–Crippen MR) is 163 cm³/mol. The third-order valence-corrected chi connectivity index (χ3v) is 8.84. The van der Waals surface area contributed by atoms with Crippen molar-refractivity contribution >= 4 is 21.8 Å². The largest absolute Gasteiger partial charge is 0.309 e. The fourth-order valence-electron chi connectivity index (χ4n) is 7.20. The van der Waals surface area contributed by atoms with Gasteiger partial charge in [0.2, 0.25) is 0 Å². The number of rotatable bonds is 2. The van der Waals surface area contributed by atoms with E-state index in [1.54, 1.807) is 0 Å². The molecule has 1 aromatic heterocycles. The second-order valence-corrected chi connectivity index (χ2v) is 10.9. The van der Waals surface area contributed by atoms with E-state index in [1.807, 2.05) is 0 Å². The number of fused-ring (bicyclic) bond motifs is 9. The van der Waals surface area contributed by atoms with E-state index in [1.165, 1.54) is 83.1 Å². The van der Waals surface area contributed by atoms with Gasteiger partial charge in [-0.3, -0.25) is 0 Å². The van der Waals surface area contributed by atoms with E-state index < -0.39 is 0 Å². The molecule has 0 unspecified atom stereocenters. The SMILES string of the molecule is c1ccc2c(c1)Cc1cccc(-c3cccc4c3-c3cc(-n5c6ccccc6c6ccccc65)ccc3C4)c1-2. The Morgan fingerprint density at radius 2 is 0.897 bits per heavy atom. The number of hydrogen-bond acceptors (Lipinski definition) is 0. The first-order valence-electron chi connectivity index (χ1n) is 13.8. The fourth-order valence-corrected chi connectivity index (χ4v) is 7.20. The molecule has 1 heteroatoms. The topological polar surface area (TPSA) is 4.93 Å². The molecule has 0 saturated heterocycles. The molecule has 182 valence electrons. The van der Waals surface area contributed by atoms with Gasteiger partial charge < -0.3 is 4.57 Å². The molecule has 0 amide bonds. The molecule has 2 aliphatic rings. The quantitative estimate of drug-likeness (QED) is 0.225. The van der Waals surface area contributed by atoms with E-state index in [-0.39, 0.29) is 0 Å². The van der Waals surface area contributed by atoms with Gasteiger partial charge in [0.15, 0.2) is 0 Å². The summed E-state index contributed by atoms with van der Waals surface area (Å²) in [6, 6.07) is 47.3. The lowest BCUT2D eigenvalue weighted by atomic mass is 9.89. The van der Waals surface area contributed by atoms with Crippen molar-refractivity contribution in [2.75, 3.05) is 0 Å². The van der Waals surface area contributed by atoms with Crippen LogP contribution in [0.4, 0.5) is 0 Å². The lowest BCUT2D eigenvalue weighted by molar-refractivity contribution is 1.17. The first-order valence-corrected chi connectivity index (χ1v) is 13.8. The summed E-state index contributed by atoms with van der Waals surface area (Å²) in [7, 11) is 0. The first kappa shape index (κ1) is 21.1. The zero-order valence-corrected chi connectivity index (χ0v) is 21.5. The Bertz CT molecular complexity index is 2070. The second kappa shape index (κ2) is 7.82. The van der Waals surface area contributed by atoms with Crippen molar-refractivity contribution in [3.8, 4) is 39.1 Å². The van der Waals surface area contributed by atoms with E-state index in [0.717, 1.165) is 12.8 Å². The van der Waals surface area contributed by atoms with Crippen LogP contribution in [0.15, 0.2) is 127 Å². The zero-order chi connectivity index (χ0) is 25.5. The van der Waals surface area contributed by atoms with Crippen LogP contribution >= 0.6 is 0 Å². The van der Waals surface area contributed by atoms with Gasteiger partial charge in [0, 0.05) is 16.5 Å². The van der Waals surface area contributed by atoms with Crippen molar-refractivity contribution in [1.82, 2.24) is 4.57 Å². The lowest BCUT2D eigenvalue weighted by Gasteiger charge is -2.16. The second-order valence-electron chi connectivity index (χ2n) is 10.9. The molecule has 0 spiro atoms. The highest BCUT2D eigenvalue weighted by Crippen LogP contribution is 2.49. The van der Waals surface area contributed by atoms with Gasteiger partial charge in [-0.25, -0.2) is 0 Å². The Labute approximate surface area is 227 Å². The molecule has 1 heterocycles. The Kier molecular flexibility index (Phi) is 4.23. The lowest BCUT2D eigenvalue weighted by Crippen LogP contribution is -1.95. The van der Waals surface area contributed by atoms with Crippen LogP contribution in [-0.4, -0.2) is 4.57 Å². The predicted octanol–water partition coefficient (Wildman–Crippen LogP) is 9.59. The minimum absolute atomic E-state index is 0.984. The monoisotopic (exact) mass is 495 g/mol. The molecule has 7 aromatic rings. The van der Waals surface area contributed by atoms with Gasteiger partial charge in [-0.1, -0.05) is 103 Å². The van der Waals surface area contributed by atoms with Gasteiger partial charge in [-0.05, 0) is 92.7 Å². The Balaban J connectivity index is 1.29. The van der Waals surface area contributed by atoms with Gasteiger partial charge in [0.25, 0.3) is 0 Å². The molecule has 6 aromatic carbocycles. The summed E-state index contributed by atoms with van der Waals surface area (Å²) in [6.45, 7) is 0. The van der Waals surface area contributed by atoms with Crippen LogP contribution in [0.3, 0.4) is 0 Å². The van der Waals surface area contributed by atoms with Gasteiger partial charge in [-0.15, -0.1) is 0 Å². The van der Waals surface area contributed by atoms with E-state index in [9.17, 15) is 0 Å². The zero-order valence-electron chi connectivity index (χ0n) is 21.5. The summed E-state index contributed by atoms with van der Waals surface area (Å²) in [5.74, 6) is 0. The van der Waals surface area contributed by atoms with Crippen LogP contribution in [0.5, 0.6) is 0 Å². The van der Waals surface area contributed by atoms with Gasteiger partial charge in [0.1, 0.15) is 0 Å². The number of aromatic nitrogens is 1. The highest BCUT2D eigenvalue weighted by atomic mass is 15.0. The summed E-state index contributed by atoms with van der Waals surface area (Å²) in [4.78, 5) is 0. The number of para-hydroxylation sites is 2. The maximum Gasteiger partial charge on any atom is 0.0541 e. The highest BCUT2D eigenvalue weighted by Gasteiger charge is 2.27. The molecule has 0 radical (unpaired) electrons. The van der Waals surface area contributed by atoms with Crippen molar-refractivity contribution in [3.63, 3.8) is 0 Å². The standard InChI is InChI=1S/C38H25N/c1-2-12-29-24(9-1)21-26-10-7-15-32(37(26)29)33-16-8-11-27-22-25-19-20-28(23-34(25)38(27)33)39-35-17-5-3-13-30(35)31-14-4-6-18-36(31)39/h1-20,23H,21-22H2. The molecule has 0 N–H and O–H groups in total. The Morgan fingerprint density at radius 3 is 1.59 bits per heavy atom. The van der Waals surface area contributed by atoms with Crippen molar-refractivity contribution in [2.45, 2.75) is 12.8 Å². The van der Waals surface area contributed by atoms with Crippen LogP contribution in [0.25, 0.3) is 60.9 Å². The molecule has 0 saturated carbocycles. The van der Waals surface area contributed by atoms with Crippen LogP contribution in [0.2, 0.25) is 0 Å². The average Bonchev–Trinajstić information content (AvgIpc) is 3.66. The Hall–Kier alpha value is -4.88. The summed E-state index contributed by atoms with van der Waals surface area (Å²) < 4.78 is 2.43. The molecule has 39 heavy (non-hydrogen) atoms. The molecule has 9 rings (SSSR count). The number of hydrogen-bond donors (Lipinski definition) is 0. The number of benzene rings is 6. The molecule has 2 aliphatic carbocycles. The highest BCUT2D eigenvalue weighted by molar-refractivity contribution is 6.09. The fraction of sp³-hybridized carbons (Fsp3) is 0.0526. The summed E-state index contributed by atoms with van der Waals surface area (Å²) in [5.41, 5.74) is 17.7. The van der Waals surface area contributed by atoms with Crippen LogP contribution in [-0.2, 0) is 12.8 Å². The van der Waals surface area contributed by atoms with Crippen LogP contribution < -0.4 is 0 Å². The maximum atomic E-state index is 2.43. The molecule has 0 atom stereocenters. The third kappa shape index (κ3) is 2.90. The van der Waals surface area contributed by atoms with Gasteiger partial charge in [0.05, 0.1) is 11.0 Å². The van der Waals surface area contributed by atoms with E-state index >= 15 is 0 Å². The molecular weight excluding hydrogens is 470 g/mol. The van der Waals surface area contributed by atoms with E-state index in [4.69, 9.17) is 0 Å². The first-order chi connectivity index (χ1) is 19.3. The maximum absolute atomic E-state index is 2.43.